The van der Waals surface area contributed by atoms with Crippen molar-refractivity contribution >= 4 is 11.6 Å². The van der Waals surface area contributed by atoms with Gasteiger partial charge in [0.25, 0.3) is 11.1 Å². The molecule has 0 amide bonds. The van der Waals surface area contributed by atoms with Gasteiger partial charge in [-0.2, -0.15) is 9.94 Å². The zero-order chi connectivity index (χ0) is 21.3. The quantitative estimate of drug-likeness (QED) is 0.569. The molecule has 0 aliphatic carbocycles. The van der Waals surface area contributed by atoms with Crippen molar-refractivity contribution in [2.75, 3.05) is 0 Å². The van der Waals surface area contributed by atoms with Crippen LogP contribution in [0.15, 0.2) is 32.6 Å². The second-order valence-corrected chi connectivity index (χ2v) is 6.56. The van der Waals surface area contributed by atoms with Crippen LogP contribution in [0.1, 0.15) is 31.0 Å². The van der Waals surface area contributed by atoms with E-state index in [1.54, 1.807) is 6.07 Å². The van der Waals surface area contributed by atoms with Gasteiger partial charge in [-0.3, -0.25) is 14.6 Å². The summed E-state index contributed by atoms with van der Waals surface area (Å²) in [5, 5.41) is 28.8. The highest BCUT2D eigenvalue weighted by molar-refractivity contribution is 6.32. The van der Waals surface area contributed by atoms with Gasteiger partial charge >= 0.3 is 5.69 Å². The first-order chi connectivity index (χ1) is 13.7. The largest absolute Gasteiger partial charge is 0.504 e. The number of benzene rings is 1. The molecule has 0 unspecified atom stereocenters. The average molecular weight is 417 g/mol. The average Bonchev–Trinajstić information content (AvgIpc) is 2.65. The van der Waals surface area contributed by atoms with Gasteiger partial charge in [0.15, 0.2) is 11.5 Å². The highest BCUT2D eigenvalue weighted by Gasteiger charge is 2.17. The van der Waals surface area contributed by atoms with Crippen LogP contribution in [0.3, 0.4) is 0 Å². The number of rotatable bonds is 4. The molecular weight excluding hydrogens is 404 g/mol. The van der Waals surface area contributed by atoms with Crippen LogP contribution in [0.4, 0.5) is 0 Å². The van der Waals surface area contributed by atoms with E-state index in [1.807, 2.05) is 18.8 Å². The maximum Gasteiger partial charge on any atom is 0.349 e. The van der Waals surface area contributed by atoms with Gasteiger partial charge in [-0.05, 0) is 12.0 Å². The Hall–Kier alpha value is -3.91. The van der Waals surface area contributed by atoms with E-state index in [1.165, 1.54) is 12.1 Å². The fourth-order valence-corrected chi connectivity index (χ4v) is 2.67. The molecule has 0 bridgehead atoms. The molecule has 2 aromatic heterocycles. The molecule has 0 fully saturated rings. The lowest BCUT2D eigenvalue weighted by Crippen LogP contribution is -2.33. The van der Waals surface area contributed by atoms with Crippen molar-refractivity contribution in [3.8, 4) is 29.1 Å². The van der Waals surface area contributed by atoms with E-state index in [0.717, 1.165) is 6.07 Å². The molecule has 1 aromatic carbocycles. The monoisotopic (exact) mass is 416 g/mol. The van der Waals surface area contributed by atoms with Crippen LogP contribution < -0.4 is 21.5 Å². The molecule has 0 saturated heterocycles. The molecule has 3 rings (SSSR count). The molecule has 0 aliphatic heterocycles. The van der Waals surface area contributed by atoms with E-state index in [-0.39, 0.29) is 33.8 Å². The minimum atomic E-state index is -0.936. The summed E-state index contributed by atoms with van der Waals surface area (Å²) >= 11 is 6.16. The summed E-state index contributed by atoms with van der Waals surface area (Å²) in [5.74, 6) is -0.750. The highest BCUT2D eigenvalue weighted by atomic mass is 35.5. The number of nitrogens with zero attached hydrogens (tertiary/aromatic N) is 4. The van der Waals surface area contributed by atoms with E-state index in [9.17, 15) is 19.5 Å². The van der Waals surface area contributed by atoms with Crippen LogP contribution in [0.5, 0.6) is 17.4 Å². The Labute approximate surface area is 166 Å². The summed E-state index contributed by atoms with van der Waals surface area (Å²) < 4.78 is 6.19. The number of phenols is 1. The summed E-state index contributed by atoms with van der Waals surface area (Å²) in [5.41, 5.74) is -2.37. The molecule has 0 aliphatic rings. The maximum atomic E-state index is 12.0. The minimum absolute atomic E-state index is 0.00986. The number of hydrogen-bond donors (Lipinski definition) is 3. The van der Waals surface area contributed by atoms with Crippen molar-refractivity contribution < 1.29 is 9.84 Å². The van der Waals surface area contributed by atoms with Gasteiger partial charge in [0.05, 0.1) is 10.7 Å². The SMILES string of the molecule is CC(C)c1cc(Oc2c(O)cc(-n3nc(C#N)c(=O)[nH]c3=O)cc2Cl)n[nH]c1=O. The number of phenolic OH excluding ortho intramolecular Hbond substituents is 1. The zero-order valence-electron chi connectivity index (χ0n) is 15.1. The predicted molar refractivity (Wildman–Crippen MR) is 101 cm³/mol. The molecule has 148 valence electrons. The van der Waals surface area contributed by atoms with Crippen molar-refractivity contribution in [3.05, 3.63) is 65.7 Å². The Kier molecular flexibility index (Phi) is 5.20. The number of hydrogen-bond acceptors (Lipinski definition) is 8. The summed E-state index contributed by atoms with van der Waals surface area (Å²) in [6.07, 6.45) is 0. The van der Waals surface area contributed by atoms with E-state index in [2.05, 4.69) is 15.3 Å². The number of ether oxygens (including phenoxy) is 1. The van der Waals surface area contributed by atoms with Crippen LogP contribution in [0.25, 0.3) is 5.69 Å². The standard InChI is InChI=1S/C17H13ClN6O5/c1-7(2)9-5-13(21-22-15(9)26)29-14-10(18)3-8(4-12(14)25)24-17(28)20-16(27)11(6-19)23-24/h3-5,7,25H,1-2H3,(H,22,26)(H,20,27,28). The lowest BCUT2D eigenvalue weighted by Gasteiger charge is -2.12. The van der Waals surface area contributed by atoms with Gasteiger partial charge in [-0.15, -0.1) is 10.2 Å². The first kappa shape index (κ1) is 19.8. The summed E-state index contributed by atoms with van der Waals surface area (Å²) in [7, 11) is 0. The first-order valence-electron chi connectivity index (χ1n) is 8.15. The number of nitriles is 1. The lowest BCUT2D eigenvalue weighted by atomic mass is 10.1. The van der Waals surface area contributed by atoms with Gasteiger partial charge in [-0.1, -0.05) is 25.4 Å². The van der Waals surface area contributed by atoms with Gasteiger partial charge < -0.3 is 9.84 Å². The van der Waals surface area contributed by atoms with Crippen LogP contribution in [-0.4, -0.2) is 30.1 Å². The fraction of sp³-hybridized carbons (Fsp3) is 0.176. The number of aromatic amines is 2. The Morgan fingerprint density at radius 1 is 1.24 bits per heavy atom. The van der Waals surface area contributed by atoms with Crippen molar-refractivity contribution in [2.24, 2.45) is 0 Å². The molecule has 3 aromatic rings. The van der Waals surface area contributed by atoms with Gasteiger partial charge in [0.1, 0.15) is 6.07 Å². The van der Waals surface area contributed by atoms with E-state index in [0.29, 0.717) is 10.2 Å². The third kappa shape index (κ3) is 3.87. The molecule has 2 heterocycles. The van der Waals surface area contributed by atoms with E-state index in [4.69, 9.17) is 21.6 Å². The first-order valence-corrected chi connectivity index (χ1v) is 8.53. The Balaban J connectivity index is 2.05. The number of nitrogens with one attached hydrogen (secondary N) is 2. The van der Waals surface area contributed by atoms with Gasteiger partial charge in [-0.25, -0.2) is 9.89 Å². The van der Waals surface area contributed by atoms with Crippen molar-refractivity contribution in [2.45, 2.75) is 19.8 Å². The van der Waals surface area contributed by atoms with Gasteiger partial charge in [0, 0.05) is 17.7 Å². The Bertz CT molecular complexity index is 1290. The summed E-state index contributed by atoms with van der Waals surface area (Å²) in [6.45, 7) is 3.63. The zero-order valence-corrected chi connectivity index (χ0v) is 15.8. The molecule has 0 radical (unpaired) electrons. The summed E-state index contributed by atoms with van der Waals surface area (Å²) in [6, 6.07) is 5.31. The molecule has 0 saturated carbocycles. The van der Waals surface area contributed by atoms with Crippen molar-refractivity contribution in [3.63, 3.8) is 0 Å². The minimum Gasteiger partial charge on any atom is -0.504 e. The third-order valence-electron chi connectivity index (χ3n) is 3.82. The number of aromatic nitrogens is 5. The molecule has 3 N–H and O–H groups in total. The molecule has 29 heavy (non-hydrogen) atoms. The maximum absolute atomic E-state index is 12.0. The van der Waals surface area contributed by atoms with Crippen LogP contribution in [0.2, 0.25) is 5.02 Å². The third-order valence-corrected chi connectivity index (χ3v) is 4.11. The predicted octanol–water partition coefficient (Wildman–Crippen LogP) is 1.15. The fourth-order valence-electron chi connectivity index (χ4n) is 2.42. The Morgan fingerprint density at radius 2 is 1.97 bits per heavy atom. The number of H-pyrrole nitrogens is 2. The smallest absolute Gasteiger partial charge is 0.349 e. The normalized spacial score (nSPS) is 10.7. The molecular formula is C17H13ClN6O5. The van der Waals surface area contributed by atoms with Crippen LogP contribution in [-0.2, 0) is 0 Å². The lowest BCUT2D eigenvalue weighted by molar-refractivity contribution is 0.398. The van der Waals surface area contributed by atoms with Crippen molar-refractivity contribution in [1.82, 2.24) is 25.0 Å². The molecule has 12 heteroatoms. The Morgan fingerprint density at radius 3 is 2.59 bits per heavy atom. The highest BCUT2D eigenvalue weighted by Crippen LogP contribution is 2.38. The molecule has 0 atom stereocenters. The topological polar surface area (TPSA) is 167 Å². The second kappa shape index (κ2) is 7.61. The van der Waals surface area contributed by atoms with Gasteiger partial charge in [0.2, 0.25) is 11.6 Å². The molecule has 0 spiro atoms. The van der Waals surface area contributed by atoms with Crippen LogP contribution in [0, 0.1) is 11.3 Å². The van der Waals surface area contributed by atoms with Crippen molar-refractivity contribution in [1.29, 1.82) is 5.26 Å². The van der Waals surface area contributed by atoms with Crippen LogP contribution >= 0.6 is 11.6 Å². The number of aromatic hydroxyl groups is 1. The molecule has 11 nitrogen and oxygen atoms in total. The van der Waals surface area contributed by atoms with E-state index < -0.39 is 22.7 Å². The second-order valence-electron chi connectivity index (χ2n) is 6.15. The summed E-state index contributed by atoms with van der Waals surface area (Å²) in [4.78, 5) is 37.2. The van der Waals surface area contributed by atoms with E-state index >= 15 is 0 Å². The number of halogens is 1.